The van der Waals surface area contributed by atoms with E-state index in [4.69, 9.17) is 25.2 Å². The zero-order valence-electron chi connectivity index (χ0n) is 13.8. The Balaban J connectivity index is 2.00. The molecule has 0 amide bonds. The van der Waals surface area contributed by atoms with Gasteiger partial charge in [0.2, 0.25) is 20.6 Å². The van der Waals surface area contributed by atoms with Crippen molar-refractivity contribution in [3.05, 3.63) is 22.1 Å². The Morgan fingerprint density at radius 2 is 2.33 bits per heavy atom. The number of hydrogen-bond donors (Lipinski definition) is 5. The number of nitrogens with one attached hydrogen (secondary N) is 1. The van der Waals surface area contributed by atoms with Crippen LogP contribution in [0.2, 0.25) is 0 Å². The highest BCUT2D eigenvalue weighted by Crippen LogP contribution is 2.37. The van der Waals surface area contributed by atoms with E-state index in [9.17, 15) is 20.1 Å². The van der Waals surface area contributed by atoms with Gasteiger partial charge in [-0.1, -0.05) is 0 Å². The first kappa shape index (κ1) is 19.6. The van der Waals surface area contributed by atoms with Crippen LogP contribution in [0.4, 0.5) is 5.95 Å². The number of aliphatic hydroxyl groups is 2. The number of rotatable bonds is 6. The topological polar surface area (TPSA) is 198 Å². The van der Waals surface area contributed by atoms with E-state index in [1.54, 1.807) is 0 Å². The molecule has 0 aromatic carbocycles. The van der Waals surface area contributed by atoms with E-state index in [0.29, 0.717) is 0 Å². The number of methoxy groups -OCH3 is 1. The van der Waals surface area contributed by atoms with E-state index in [-0.39, 0.29) is 22.5 Å². The van der Waals surface area contributed by atoms with Crippen LogP contribution < -0.4 is 11.3 Å². The summed E-state index contributed by atoms with van der Waals surface area (Å²) in [4.78, 5) is 32.5. The molecule has 6 N–H and O–H groups in total. The Morgan fingerprint density at radius 1 is 1.59 bits per heavy atom. The molecule has 146 valence electrons. The molecule has 14 heteroatoms. The van der Waals surface area contributed by atoms with Crippen LogP contribution in [0.1, 0.15) is 11.8 Å². The third kappa shape index (κ3) is 3.53. The first-order valence-corrected chi connectivity index (χ1v) is 8.88. The number of aliphatic hydroxyl groups excluding tert-OH is 2. The molecule has 0 saturated carbocycles. The van der Waals surface area contributed by atoms with E-state index in [1.807, 2.05) is 6.07 Å². The smallest absolute Gasteiger partial charge is 0.263 e. The first-order chi connectivity index (χ1) is 12.9. The van der Waals surface area contributed by atoms with Crippen molar-refractivity contribution in [2.24, 2.45) is 0 Å². The highest BCUT2D eigenvalue weighted by molar-refractivity contribution is 7.45. The lowest BCUT2D eigenvalue weighted by molar-refractivity contribution is -0.332. The number of aromatic amines is 1. The maximum atomic E-state index is 12.1. The maximum Gasteiger partial charge on any atom is 0.263 e. The van der Waals surface area contributed by atoms with Crippen LogP contribution >= 0.6 is 8.38 Å². The van der Waals surface area contributed by atoms with Crippen LogP contribution in [0.25, 0.3) is 11.0 Å². The maximum absolute atomic E-state index is 12.1. The van der Waals surface area contributed by atoms with Crippen LogP contribution in [-0.4, -0.2) is 61.6 Å². The summed E-state index contributed by atoms with van der Waals surface area (Å²) in [7, 11) is -0.948. The molecule has 3 rings (SSSR count). The molecule has 5 atom stereocenters. The molecular formula is C13H16N5O8P. The second-order valence-corrected chi connectivity index (χ2v) is 6.60. The highest BCUT2D eigenvalue weighted by atomic mass is 31.2. The Labute approximate surface area is 152 Å². The predicted molar refractivity (Wildman–Crippen MR) is 88.6 cm³/mol. The number of ether oxygens (including phenoxy) is 2. The third-order valence-electron chi connectivity index (χ3n) is 3.88. The molecule has 0 aliphatic carbocycles. The largest absolute Gasteiger partial charge is 0.387 e. The molecule has 0 radical (unpaired) electrons. The Kier molecular flexibility index (Phi) is 5.70. The molecule has 2 aromatic heterocycles. The van der Waals surface area contributed by atoms with E-state index < -0.39 is 45.0 Å². The summed E-state index contributed by atoms with van der Waals surface area (Å²) in [5, 5.41) is 28.4. The van der Waals surface area contributed by atoms with Gasteiger partial charge in [0.1, 0.15) is 30.0 Å². The normalized spacial score (nSPS) is 26.3. The minimum Gasteiger partial charge on any atom is -0.387 e. The van der Waals surface area contributed by atoms with E-state index in [0.717, 1.165) is 0 Å². The van der Waals surface area contributed by atoms with Crippen LogP contribution in [0.15, 0.2) is 11.0 Å². The van der Waals surface area contributed by atoms with Gasteiger partial charge in [0, 0.05) is 13.3 Å². The number of nitrogens with zero attached hydrogens (tertiary/aromatic N) is 3. The lowest BCUT2D eigenvalue weighted by Gasteiger charge is -2.20. The summed E-state index contributed by atoms with van der Waals surface area (Å²) in [5.74, 6) is -0.172. The predicted octanol–water partition coefficient (Wildman–Crippen LogP) is -1.39. The van der Waals surface area contributed by atoms with Gasteiger partial charge in [-0.2, -0.15) is 19.8 Å². The number of hydrogen-bond acceptors (Lipinski definition) is 11. The van der Waals surface area contributed by atoms with Gasteiger partial charge < -0.3 is 34.9 Å². The second kappa shape index (κ2) is 7.85. The summed E-state index contributed by atoms with van der Waals surface area (Å²) < 4.78 is 16.7. The molecule has 1 fully saturated rings. The minimum absolute atomic E-state index is 0.000536. The van der Waals surface area contributed by atoms with Crippen molar-refractivity contribution in [1.29, 1.82) is 5.26 Å². The lowest BCUT2D eigenvalue weighted by atomic mass is 10.2. The van der Waals surface area contributed by atoms with Crippen LogP contribution in [0, 0.1) is 11.3 Å². The van der Waals surface area contributed by atoms with Crippen molar-refractivity contribution in [3.63, 3.8) is 0 Å². The zero-order chi connectivity index (χ0) is 19.7. The van der Waals surface area contributed by atoms with E-state index >= 15 is 0 Å². The standard InChI is InChI=1S/C13H16N5O8P/c1-23-8-7(20)12(25-26-27(22)4-19)24-11(8)18-3-5(2-14)6-9(18)16-13(15)17-10(6)21/h3,7-8,11-12,19-20,22H,4H2,1H3,(H3,15,16,17,21)/t7?,8-,11+,12+,27?/m0/s1. The zero-order valence-corrected chi connectivity index (χ0v) is 14.7. The molecule has 0 spiro atoms. The molecule has 1 saturated heterocycles. The second-order valence-electron chi connectivity index (χ2n) is 5.46. The summed E-state index contributed by atoms with van der Waals surface area (Å²) in [6.45, 7) is 0. The molecule has 27 heavy (non-hydrogen) atoms. The summed E-state index contributed by atoms with van der Waals surface area (Å²) >= 11 is 0. The fourth-order valence-electron chi connectivity index (χ4n) is 2.75. The molecule has 2 aromatic rings. The monoisotopic (exact) mass is 401 g/mol. The number of aromatic nitrogens is 3. The fourth-order valence-corrected chi connectivity index (χ4v) is 2.98. The number of H-pyrrole nitrogens is 1. The highest BCUT2D eigenvalue weighted by Gasteiger charge is 2.47. The van der Waals surface area contributed by atoms with Gasteiger partial charge in [0.05, 0.1) is 5.56 Å². The number of fused-ring (bicyclic) bond motifs is 1. The van der Waals surface area contributed by atoms with Gasteiger partial charge in [-0.05, 0) is 0 Å². The molecule has 2 unspecified atom stereocenters. The van der Waals surface area contributed by atoms with Gasteiger partial charge in [0.15, 0.2) is 11.9 Å². The van der Waals surface area contributed by atoms with E-state index in [2.05, 4.69) is 14.6 Å². The molecular weight excluding hydrogens is 385 g/mol. The van der Waals surface area contributed by atoms with Gasteiger partial charge in [-0.15, -0.1) is 0 Å². The lowest BCUT2D eigenvalue weighted by Crippen LogP contribution is -2.34. The van der Waals surface area contributed by atoms with Crippen molar-refractivity contribution in [2.75, 3.05) is 19.2 Å². The van der Waals surface area contributed by atoms with Gasteiger partial charge in [0.25, 0.3) is 5.56 Å². The third-order valence-corrected chi connectivity index (χ3v) is 4.38. The van der Waals surface area contributed by atoms with Crippen LogP contribution in [-0.2, 0) is 19.0 Å². The molecule has 13 nitrogen and oxygen atoms in total. The van der Waals surface area contributed by atoms with Crippen LogP contribution in [0.5, 0.6) is 0 Å². The van der Waals surface area contributed by atoms with Crippen molar-refractivity contribution in [2.45, 2.75) is 24.7 Å². The SMILES string of the molecule is CO[C@H]1C(O)[C@@H](OOP(O)CO)O[C@H]1n1cc(C#N)c2c(=O)[nH]c(N)nc21. The average Bonchev–Trinajstić information content (AvgIpc) is 3.16. The average molecular weight is 401 g/mol. The molecule has 1 aliphatic rings. The minimum atomic E-state index is -2.26. The Hall–Kier alpha value is -2.14. The summed E-state index contributed by atoms with van der Waals surface area (Å²) in [5.41, 5.74) is 5.05. The van der Waals surface area contributed by atoms with Crippen molar-refractivity contribution < 1.29 is 34.1 Å². The van der Waals surface area contributed by atoms with Crippen molar-refractivity contribution in [3.8, 4) is 6.07 Å². The number of nitriles is 1. The van der Waals surface area contributed by atoms with Gasteiger partial charge >= 0.3 is 0 Å². The fraction of sp³-hybridized carbons (Fsp3) is 0.462. The summed E-state index contributed by atoms with van der Waals surface area (Å²) in [6.07, 6.45) is -4.16. The quantitative estimate of drug-likeness (QED) is 0.217. The van der Waals surface area contributed by atoms with Crippen LogP contribution in [0.3, 0.4) is 0 Å². The number of anilines is 1. The summed E-state index contributed by atoms with van der Waals surface area (Å²) in [6, 6.07) is 1.88. The number of nitrogen functional groups attached to an aromatic ring is 1. The first-order valence-electron chi connectivity index (χ1n) is 7.48. The Morgan fingerprint density at radius 3 is 2.96 bits per heavy atom. The van der Waals surface area contributed by atoms with E-state index in [1.165, 1.54) is 17.9 Å². The number of nitrogens with two attached hydrogens (primary N) is 1. The molecule has 1 aliphatic heterocycles. The van der Waals surface area contributed by atoms with Gasteiger partial charge in [-0.25, -0.2) is 0 Å². The van der Waals surface area contributed by atoms with Crippen molar-refractivity contribution >= 4 is 25.4 Å². The van der Waals surface area contributed by atoms with Crippen molar-refractivity contribution in [1.82, 2.24) is 14.5 Å². The molecule has 3 heterocycles. The van der Waals surface area contributed by atoms with Gasteiger partial charge in [-0.3, -0.25) is 9.78 Å². The Bertz CT molecular complexity index is 926. The molecule has 0 bridgehead atoms.